The largest absolute Gasteiger partial charge is 0.376 e. The maximum Gasteiger partial charge on any atom is 0.0818 e. The number of rotatable bonds is 4. The van der Waals surface area contributed by atoms with Crippen molar-refractivity contribution in [3.8, 4) is 0 Å². The van der Waals surface area contributed by atoms with Gasteiger partial charge in [-0.3, -0.25) is 0 Å². The number of halogens is 1. The number of hydrogen-bond donors (Lipinski definition) is 2. The van der Waals surface area contributed by atoms with Gasteiger partial charge in [-0.15, -0.1) is 11.6 Å². The van der Waals surface area contributed by atoms with Crippen molar-refractivity contribution >= 4 is 28.8 Å². The molecule has 3 bridgehead atoms. The van der Waals surface area contributed by atoms with E-state index in [4.69, 9.17) is 29.6 Å². The summed E-state index contributed by atoms with van der Waals surface area (Å²) in [5.41, 5.74) is 8.87. The molecule has 5 saturated carbocycles. The molecule has 2 nitrogen and oxygen atoms in total. The van der Waals surface area contributed by atoms with Crippen molar-refractivity contribution < 1.29 is 0 Å². The average molecular weight is 429 g/mol. The monoisotopic (exact) mass is 428 g/mol. The quantitative estimate of drug-likeness (QED) is 0.503. The molecule has 5 fully saturated rings. The van der Waals surface area contributed by atoms with Gasteiger partial charge in [0.15, 0.2) is 0 Å². The molecule has 3 N–H and O–H groups in total. The standard InChI is InChI=1S/C25H33ClN2S/c26-16-23-11-17-10-22(21(29)28-20-8-6-19(27)7-9-20)13-24(15-23,25(23,12-17)14-22)18-4-2-1-3-5-18/h1-5,17,19-20H,6-16,27H2,(H,28,29). The van der Waals surface area contributed by atoms with Crippen LogP contribution in [0.2, 0.25) is 0 Å². The summed E-state index contributed by atoms with van der Waals surface area (Å²) < 4.78 is 0. The van der Waals surface area contributed by atoms with Gasteiger partial charge < -0.3 is 11.1 Å². The number of fused-ring (bicyclic) bond motifs is 2. The molecule has 1 aromatic rings. The summed E-state index contributed by atoms with van der Waals surface area (Å²) in [5, 5.41) is 3.87. The van der Waals surface area contributed by atoms with E-state index < -0.39 is 0 Å². The second-order valence-electron chi connectivity index (χ2n) is 11.3. The van der Waals surface area contributed by atoms with Gasteiger partial charge >= 0.3 is 0 Å². The zero-order chi connectivity index (χ0) is 19.9. The summed E-state index contributed by atoms with van der Waals surface area (Å²) >= 11 is 12.9. The lowest BCUT2D eigenvalue weighted by molar-refractivity contribution is -0.112. The van der Waals surface area contributed by atoms with Crippen molar-refractivity contribution in [1.82, 2.24) is 5.32 Å². The van der Waals surface area contributed by atoms with Gasteiger partial charge in [0.05, 0.1) is 4.99 Å². The molecule has 156 valence electrons. The minimum atomic E-state index is 0.179. The molecule has 1 aromatic carbocycles. The third-order valence-corrected chi connectivity index (χ3v) is 11.1. The number of benzene rings is 1. The van der Waals surface area contributed by atoms with Crippen LogP contribution in [0.25, 0.3) is 0 Å². The zero-order valence-corrected chi connectivity index (χ0v) is 18.8. The molecule has 0 saturated heterocycles. The summed E-state index contributed by atoms with van der Waals surface area (Å²) in [6.07, 6.45) is 12.3. The molecule has 1 spiro atoms. The highest BCUT2D eigenvalue weighted by Gasteiger charge is 2.84. The highest BCUT2D eigenvalue weighted by atomic mass is 35.5. The lowest BCUT2D eigenvalue weighted by atomic mass is 9.37. The molecule has 0 aliphatic heterocycles. The van der Waals surface area contributed by atoms with Crippen LogP contribution in [0, 0.1) is 22.2 Å². The molecule has 0 radical (unpaired) electrons. The summed E-state index contributed by atoms with van der Waals surface area (Å²) in [7, 11) is 0. The third-order valence-electron chi connectivity index (χ3n) is 10.0. The van der Waals surface area contributed by atoms with E-state index >= 15 is 0 Å². The molecule has 5 unspecified atom stereocenters. The van der Waals surface area contributed by atoms with Gasteiger partial charge in [0.1, 0.15) is 0 Å². The van der Waals surface area contributed by atoms with Crippen LogP contribution in [0.3, 0.4) is 0 Å². The Bertz CT molecular complexity index is 836. The van der Waals surface area contributed by atoms with Crippen molar-refractivity contribution in [2.45, 2.75) is 81.7 Å². The molecular formula is C25H33ClN2S. The topological polar surface area (TPSA) is 38.0 Å². The predicted octanol–water partition coefficient (Wildman–Crippen LogP) is 5.32. The molecule has 5 aliphatic rings. The maximum absolute atomic E-state index is 6.72. The van der Waals surface area contributed by atoms with Crippen molar-refractivity contribution in [1.29, 1.82) is 0 Å². The van der Waals surface area contributed by atoms with Crippen LogP contribution in [0.1, 0.15) is 69.8 Å². The summed E-state index contributed by atoms with van der Waals surface area (Å²) in [4.78, 5) is 1.18. The number of nitrogens with two attached hydrogens (primary N) is 1. The van der Waals surface area contributed by atoms with E-state index in [0.29, 0.717) is 22.9 Å². The van der Waals surface area contributed by atoms with Gasteiger partial charge in [0.25, 0.3) is 0 Å². The molecule has 4 heteroatoms. The van der Waals surface area contributed by atoms with Crippen LogP contribution in [0.5, 0.6) is 0 Å². The van der Waals surface area contributed by atoms with Gasteiger partial charge in [0, 0.05) is 28.8 Å². The number of hydrogen-bond acceptors (Lipinski definition) is 2. The van der Waals surface area contributed by atoms with E-state index in [2.05, 4.69) is 35.6 Å². The smallest absolute Gasteiger partial charge is 0.0818 e. The predicted molar refractivity (Wildman–Crippen MR) is 123 cm³/mol. The van der Waals surface area contributed by atoms with Crippen LogP contribution >= 0.6 is 23.8 Å². The normalized spacial score (nSPS) is 49.5. The molecule has 0 aromatic heterocycles. The van der Waals surface area contributed by atoms with Gasteiger partial charge in [-0.25, -0.2) is 0 Å². The first-order chi connectivity index (χ1) is 14.0. The molecular weight excluding hydrogens is 396 g/mol. The second kappa shape index (κ2) is 6.20. The van der Waals surface area contributed by atoms with Gasteiger partial charge in [-0.2, -0.15) is 0 Å². The molecule has 0 amide bonds. The van der Waals surface area contributed by atoms with Crippen LogP contribution < -0.4 is 11.1 Å². The lowest BCUT2D eigenvalue weighted by Gasteiger charge is -2.66. The van der Waals surface area contributed by atoms with Crippen LogP contribution in [0.15, 0.2) is 30.3 Å². The van der Waals surface area contributed by atoms with Gasteiger partial charge in [-0.1, -0.05) is 42.5 Å². The molecule has 0 heterocycles. The van der Waals surface area contributed by atoms with E-state index in [-0.39, 0.29) is 10.8 Å². The molecule has 29 heavy (non-hydrogen) atoms. The average Bonchev–Trinajstić information content (AvgIpc) is 3.03. The van der Waals surface area contributed by atoms with Gasteiger partial charge in [0.2, 0.25) is 0 Å². The Balaban J connectivity index is 1.36. The van der Waals surface area contributed by atoms with Crippen molar-refractivity contribution in [3.63, 3.8) is 0 Å². The fraction of sp³-hybridized carbons (Fsp3) is 0.720. The fourth-order valence-corrected chi connectivity index (χ4v) is 10.0. The SMILES string of the molecule is NC1CCC(NC(=S)C23CC4CC5(CCl)CC(c6ccccc6)(C2)C5(C4)C3)CC1. The number of thiocarbonyl (C=S) groups is 1. The summed E-state index contributed by atoms with van der Waals surface area (Å²) in [6, 6.07) is 12.3. The maximum atomic E-state index is 6.72. The Morgan fingerprint density at radius 1 is 1.03 bits per heavy atom. The Kier molecular flexibility index (Phi) is 4.08. The Morgan fingerprint density at radius 2 is 1.79 bits per heavy atom. The fourth-order valence-electron chi connectivity index (χ4n) is 9.16. The second-order valence-corrected chi connectivity index (χ2v) is 12.0. The molecule has 5 atom stereocenters. The zero-order valence-electron chi connectivity index (χ0n) is 17.3. The van der Waals surface area contributed by atoms with E-state index in [0.717, 1.165) is 24.6 Å². The lowest BCUT2D eigenvalue weighted by Crippen LogP contribution is -2.63. The van der Waals surface area contributed by atoms with Crippen molar-refractivity contribution in [3.05, 3.63) is 35.9 Å². The first-order valence-electron chi connectivity index (χ1n) is 11.6. The third kappa shape index (κ3) is 2.31. The van der Waals surface area contributed by atoms with Crippen LogP contribution in [0.4, 0.5) is 0 Å². The Labute approximate surface area is 185 Å². The van der Waals surface area contributed by atoms with Crippen LogP contribution in [-0.2, 0) is 5.41 Å². The number of alkyl halides is 1. The van der Waals surface area contributed by atoms with E-state index in [1.807, 2.05) is 0 Å². The molecule has 5 aliphatic carbocycles. The highest BCUT2D eigenvalue weighted by molar-refractivity contribution is 7.80. The number of nitrogens with one attached hydrogen (secondary N) is 1. The first kappa shape index (κ1) is 19.1. The van der Waals surface area contributed by atoms with Crippen molar-refractivity contribution in [2.75, 3.05) is 5.88 Å². The summed E-state index contributed by atoms with van der Waals surface area (Å²) in [6.45, 7) is 0. The van der Waals surface area contributed by atoms with E-state index in [1.165, 1.54) is 56.4 Å². The van der Waals surface area contributed by atoms with E-state index in [9.17, 15) is 0 Å². The summed E-state index contributed by atoms with van der Waals surface area (Å²) in [5.74, 6) is 1.63. The van der Waals surface area contributed by atoms with Crippen LogP contribution in [-0.4, -0.2) is 23.0 Å². The van der Waals surface area contributed by atoms with E-state index in [1.54, 1.807) is 5.56 Å². The Morgan fingerprint density at radius 3 is 2.52 bits per heavy atom. The minimum absolute atomic E-state index is 0.179. The van der Waals surface area contributed by atoms with Gasteiger partial charge in [-0.05, 0) is 86.5 Å². The Hall–Kier alpha value is -0.640. The minimum Gasteiger partial charge on any atom is -0.376 e. The molecule has 6 rings (SSSR count). The van der Waals surface area contributed by atoms with Crippen molar-refractivity contribution in [2.24, 2.45) is 27.9 Å². The first-order valence-corrected chi connectivity index (χ1v) is 12.6. The highest BCUT2D eigenvalue weighted by Crippen LogP contribution is 2.88.